The number of carbonyl (C=O) groups is 2. The van der Waals surface area contributed by atoms with Crippen molar-refractivity contribution in [3.63, 3.8) is 0 Å². The number of esters is 2. The first kappa shape index (κ1) is 24.8. The van der Waals surface area contributed by atoms with E-state index in [-0.39, 0.29) is 25.6 Å². The maximum Gasteiger partial charge on any atom is 0.333 e. The summed E-state index contributed by atoms with van der Waals surface area (Å²) in [6, 6.07) is 0. The Morgan fingerprint density at radius 2 is 1.62 bits per heavy atom. The predicted molar refractivity (Wildman–Crippen MR) is 100 cm³/mol. The van der Waals surface area contributed by atoms with Crippen LogP contribution >= 0.6 is 8.03 Å². The molecule has 0 saturated carbocycles. The van der Waals surface area contributed by atoms with Crippen molar-refractivity contribution >= 4 is 20.0 Å². The topological polar surface area (TPSA) is 99.1 Å². The van der Waals surface area contributed by atoms with E-state index < -0.39 is 19.3 Å². The molecule has 2 unspecified atom stereocenters. The highest BCUT2D eigenvalue weighted by Crippen LogP contribution is 2.38. The van der Waals surface area contributed by atoms with Gasteiger partial charge in [0.25, 0.3) is 0 Å². The van der Waals surface area contributed by atoms with Gasteiger partial charge in [-0.3, -0.25) is 9.36 Å². The first-order valence-corrected chi connectivity index (χ1v) is 10.3. The molecular formula is C18H33O7P. The molecule has 0 aliphatic carbocycles. The number of hydrogen-bond donors (Lipinski definition) is 1. The van der Waals surface area contributed by atoms with Crippen molar-refractivity contribution in [3.8, 4) is 0 Å². The van der Waals surface area contributed by atoms with Crippen molar-refractivity contribution < 1.29 is 33.3 Å². The molecule has 0 aliphatic heterocycles. The fourth-order valence-corrected chi connectivity index (χ4v) is 2.36. The number of unbranched alkanes of at least 4 members (excludes halogenated alkanes) is 2. The summed E-state index contributed by atoms with van der Waals surface area (Å²) in [6.07, 6.45) is 2.87. The first-order valence-electron chi connectivity index (χ1n) is 8.98. The lowest BCUT2D eigenvalue weighted by atomic mass is 10.2. The van der Waals surface area contributed by atoms with Gasteiger partial charge >= 0.3 is 11.9 Å². The molecule has 0 rings (SSSR count). The third-order valence-corrected chi connectivity index (χ3v) is 5.61. The number of allylic oxidation sites excluding steroid dienone is 1. The molecule has 8 heteroatoms. The molecule has 0 aromatic carbocycles. The van der Waals surface area contributed by atoms with Gasteiger partial charge < -0.3 is 19.1 Å². The van der Waals surface area contributed by atoms with Crippen LogP contribution in [-0.4, -0.2) is 42.0 Å². The van der Waals surface area contributed by atoms with E-state index >= 15 is 0 Å². The van der Waals surface area contributed by atoms with Gasteiger partial charge in [-0.2, -0.15) is 0 Å². The van der Waals surface area contributed by atoms with Crippen LogP contribution in [0, 0.1) is 0 Å². The second-order valence-corrected chi connectivity index (χ2v) is 8.20. The third-order valence-electron chi connectivity index (χ3n) is 4.21. The average molecular weight is 392 g/mol. The van der Waals surface area contributed by atoms with Crippen LogP contribution in [0.2, 0.25) is 0 Å². The number of ether oxygens (including phenoxy) is 3. The Balaban J connectivity index is 3.75. The molecule has 0 aliphatic rings. The summed E-state index contributed by atoms with van der Waals surface area (Å²) in [4.78, 5) is 32.4. The molecule has 0 amide bonds. The zero-order valence-electron chi connectivity index (χ0n) is 16.6. The molecule has 0 spiro atoms. The molecule has 2 atom stereocenters. The van der Waals surface area contributed by atoms with E-state index in [1.165, 1.54) is 0 Å². The molecule has 26 heavy (non-hydrogen) atoms. The first-order chi connectivity index (χ1) is 12.1. The van der Waals surface area contributed by atoms with Gasteiger partial charge in [-0.15, -0.1) is 0 Å². The van der Waals surface area contributed by atoms with Crippen molar-refractivity contribution in [3.05, 3.63) is 11.1 Å². The summed E-state index contributed by atoms with van der Waals surface area (Å²) in [5.41, 5.74) is 1.45. The largest absolute Gasteiger partial charge is 0.462 e. The monoisotopic (exact) mass is 392 g/mol. The third kappa shape index (κ3) is 10.1. The molecule has 0 saturated heterocycles. The van der Waals surface area contributed by atoms with Gasteiger partial charge in [0.2, 0.25) is 8.03 Å². The minimum absolute atomic E-state index is 0.0407. The highest BCUT2D eigenvalue weighted by atomic mass is 31.1. The predicted octanol–water partition coefficient (Wildman–Crippen LogP) is 3.60. The fraction of sp³-hybridized carbons (Fsp3) is 0.778. The Labute approximate surface area is 157 Å². The van der Waals surface area contributed by atoms with E-state index in [1.54, 1.807) is 13.8 Å². The Kier molecular flexibility index (Phi) is 12.5. The van der Waals surface area contributed by atoms with Gasteiger partial charge in [0.15, 0.2) is 0 Å². The zero-order valence-corrected chi connectivity index (χ0v) is 17.6. The van der Waals surface area contributed by atoms with Crippen molar-refractivity contribution in [2.45, 2.75) is 72.1 Å². The molecule has 0 aromatic heterocycles. The SMILES string of the molecule is CCC(C)(OCCCCCC(=O)OCCOC(=O)C(C)=C(C)C)[PH](=O)O. The van der Waals surface area contributed by atoms with Crippen molar-refractivity contribution in [1.82, 2.24) is 0 Å². The van der Waals surface area contributed by atoms with Gasteiger partial charge in [-0.25, -0.2) is 4.79 Å². The van der Waals surface area contributed by atoms with Gasteiger partial charge in [0, 0.05) is 18.6 Å². The van der Waals surface area contributed by atoms with E-state index in [2.05, 4.69) is 0 Å². The fourth-order valence-electron chi connectivity index (χ4n) is 1.84. The van der Waals surface area contributed by atoms with E-state index in [9.17, 15) is 19.0 Å². The number of hydrogen-bond acceptors (Lipinski definition) is 6. The minimum atomic E-state index is -2.74. The van der Waals surface area contributed by atoms with Crippen LogP contribution in [-0.2, 0) is 28.4 Å². The average Bonchev–Trinajstić information content (AvgIpc) is 2.60. The second-order valence-electron chi connectivity index (χ2n) is 6.53. The molecule has 1 N–H and O–H groups in total. The standard InChI is InChI=1S/C18H33O7P/c1-6-18(5,26(21)22)25-11-9-7-8-10-16(19)23-12-13-24-17(20)15(4)14(2)3/h26H,6-13H2,1-5H3,(H,21,22). The summed E-state index contributed by atoms with van der Waals surface area (Å²) >= 11 is 0. The van der Waals surface area contributed by atoms with E-state index in [4.69, 9.17) is 14.2 Å². The van der Waals surface area contributed by atoms with Gasteiger partial charge in [0.1, 0.15) is 18.6 Å². The number of carbonyl (C=O) groups excluding carboxylic acids is 2. The van der Waals surface area contributed by atoms with Crippen molar-refractivity contribution in [1.29, 1.82) is 0 Å². The summed E-state index contributed by atoms with van der Waals surface area (Å²) < 4.78 is 26.8. The molecule has 0 fully saturated rings. The van der Waals surface area contributed by atoms with E-state index in [0.29, 0.717) is 31.4 Å². The molecule has 0 radical (unpaired) electrons. The quantitative estimate of drug-likeness (QED) is 0.221. The smallest absolute Gasteiger partial charge is 0.333 e. The van der Waals surface area contributed by atoms with Crippen LogP contribution in [0.5, 0.6) is 0 Å². The van der Waals surface area contributed by atoms with Crippen LogP contribution in [0.25, 0.3) is 0 Å². The lowest BCUT2D eigenvalue weighted by molar-refractivity contribution is -0.150. The van der Waals surface area contributed by atoms with E-state index in [1.807, 2.05) is 20.8 Å². The van der Waals surface area contributed by atoms with Crippen molar-refractivity contribution in [2.75, 3.05) is 19.8 Å². The Bertz CT molecular complexity index is 512. The van der Waals surface area contributed by atoms with Crippen LogP contribution in [0.1, 0.15) is 66.7 Å². The highest BCUT2D eigenvalue weighted by Gasteiger charge is 2.28. The minimum Gasteiger partial charge on any atom is -0.462 e. The second kappa shape index (κ2) is 13.1. The molecule has 0 bridgehead atoms. The van der Waals surface area contributed by atoms with Crippen LogP contribution in [0.3, 0.4) is 0 Å². The van der Waals surface area contributed by atoms with E-state index in [0.717, 1.165) is 12.0 Å². The Hall–Kier alpha value is -1.17. The number of rotatable bonds is 13. The van der Waals surface area contributed by atoms with Gasteiger partial charge in [-0.1, -0.05) is 18.9 Å². The lowest BCUT2D eigenvalue weighted by Gasteiger charge is -2.25. The summed E-state index contributed by atoms with van der Waals surface area (Å²) in [7, 11) is -2.74. The van der Waals surface area contributed by atoms with Crippen LogP contribution < -0.4 is 0 Å². The summed E-state index contributed by atoms with van der Waals surface area (Å²) in [5.74, 6) is -0.731. The molecule has 7 nitrogen and oxygen atoms in total. The van der Waals surface area contributed by atoms with Crippen LogP contribution in [0.4, 0.5) is 0 Å². The lowest BCUT2D eigenvalue weighted by Crippen LogP contribution is -2.23. The molecule has 0 aromatic rings. The molecule has 0 heterocycles. The summed E-state index contributed by atoms with van der Waals surface area (Å²) in [5, 5.41) is -0.967. The Morgan fingerprint density at radius 1 is 1.00 bits per heavy atom. The maximum atomic E-state index is 11.6. The van der Waals surface area contributed by atoms with Crippen LogP contribution in [0.15, 0.2) is 11.1 Å². The Morgan fingerprint density at radius 3 is 2.15 bits per heavy atom. The normalized spacial score (nSPS) is 14.2. The van der Waals surface area contributed by atoms with Crippen molar-refractivity contribution in [2.24, 2.45) is 0 Å². The highest BCUT2D eigenvalue weighted by molar-refractivity contribution is 7.39. The molecular weight excluding hydrogens is 359 g/mol. The molecule has 152 valence electrons. The van der Waals surface area contributed by atoms with Gasteiger partial charge in [-0.05, 0) is 47.0 Å². The maximum absolute atomic E-state index is 11.6. The van der Waals surface area contributed by atoms with Gasteiger partial charge in [0.05, 0.1) is 0 Å². The summed E-state index contributed by atoms with van der Waals surface area (Å²) in [6.45, 7) is 9.27. The zero-order chi connectivity index (χ0) is 20.2.